The maximum Gasteiger partial charge on any atom is 0.240 e. The quantitative estimate of drug-likeness (QED) is 0.695. The van der Waals surface area contributed by atoms with Crippen LogP contribution in [-0.4, -0.2) is 35.7 Å². The van der Waals surface area contributed by atoms with Crippen LogP contribution in [0.5, 0.6) is 0 Å². The summed E-state index contributed by atoms with van der Waals surface area (Å²) >= 11 is 6.08. The van der Waals surface area contributed by atoms with Gasteiger partial charge in [-0.25, -0.2) is 0 Å². The first-order valence-electron chi connectivity index (χ1n) is 8.74. The number of nitrogens with one attached hydrogen (secondary N) is 2. The molecule has 0 saturated heterocycles. The van der Waals surface area contributed by atoms with Crippen molar-refractivity contribution in [2.24, 2.45) is 11.1 Å². The minimum Gasteiger partial charge on any atom is -0.378 e. The fourth-order valence-electron chi connectivity index (χ4n) is 3.65. The van der Waals surface area contributed by atoms with Crippen molar-refractivity contribution in [1.82, 2.24) is 10.3 Å². The van der Waals surface area contributed by atoms with Crippen LogP contribution in [0.15, 0.2) is 24.4 Å². The van der Waals surface area contributed by atoms with Crippen LogP contribution < -0.4 is 11.1 Å². The van der Waals surface area contributed by atoms with E-state index >= 15 is 0 Å². The molecule has 2 atom stereocenters. The Kier molecular flexibility index (Phi) is 6.28. The van der Waals surface area contributed by atoms with Gasteiger partial charge >= 0.3 is 0 Å². The second-order valence-electron chi connectivity index (χ2n) is 7.35. The molecular formula is C19H27Cl2N3O2. The van der Waals surface area contributed by atoms with Crippen molar-refractivity contribution in [3.05, 3.63) is 35.0 Å². The van der Waals surface area contributed by atoms with Crippen molar-refractivity contribution in [2.45, 2.75) is 45.3 Å². The highest BCUT2D eigenvalue weighted by Gasteiger charge is 2.62. The van der Waals surface area contributed by atoms with E-state index in [1.165, 1.54) is 0 Å². The standard InChI is InChI=1S/C19H26ClN3O2.ClH/c1-4-25-16-10-19(21,18(16,2)3)17(24)22-8-7-12-11-23-15-6-5-13(20)9-14(12)15;/h5-6,9,11,16,23H,4,7-8,10,21H2,1-3H3,(H,22,24);1H. The van der Waals surface area contributed by atoms with E-state index in [2.05, 4.69) is 10.3 Å². The van der Waals surface area contributed by atoms with E-state index in [9.17, 15) is 4.79 Å². The van der Waals surface area contributed by atoms with Gasteiger partial charge in [0, 0.05) is 47.1 Å². The predicted octanol–water partition coefficient (Wildman–Crippen LogP) is 3.43. The summed E-state index contributed by atoms with van der Waals surface area (Å²) in [5.41, 5.74) is 7.32. The number of aromatic nitrogens is 1. The molecule has 1 aromatic heterocycles. The summed E-state index contributed by atoms with van der Waals surface area (Å²) in [5, 5.41) is 4.79. The summed E-state index contributed by atoms with van der Waals surface area (Å²) in [7, 11) is 0. The number of carbonyl (C=O) groups is 1. The summed E-state index contributed by atoms with van der Waals surface area (Å²) in [4.78, 5) is 15.9. The number of carbonyl (C=O) groups excluding carboxylic acids is 1. The molecule has 1 fully saturated rings. The number of hydrogen-bond donors (Lipinski definition) is 3. The molecule has 4 N–H and O–H groups in total. The van der Waals surface area contributed by atoms with Gasteiger partial charge in [0.25, 0.3) is 0 Å². The highest BCUT2D eigenvalue weighted by atomic mass is 35.5. The van der Waals surface area contributed by atoms with Crippen LogP contribution in [0.25, 0.3) is 10.9 Å². The highest BCUT2D eigenvalue weighted by Crippen LogP contribution is 2.49. The number of ether oxygens (including phenoxy) is 1. The van der Waals surface area contributed by atoms with Gasteiger partial charge in [0.1, 0.15) is 5.54 Å². The second-order valence-corrected chi connectivity index (χ2v) is 7.79. The molecule has 1 aromatic carbocycles. The minimum atomic E-state index is -0.879. The highest BCUT2D eigenvalue weighted by molar-refractivity contribution is 6.31. The smallest absolute Gasteiger partial charge is 0.240 e. The van der Waals surface area contributed by atoms with Crippen molar-refractivity contribution in [3.8, 4) is 0 Å². The summed E-state index contributed by atoms with van der Waals surface area (Å²) in [5.74, 6) is -0.105. The van der Waals surface area contributed by atoms with Gasteiger partial charge < -0.3 is 20.8 Å². The molecule has 1 amide bonds. The Balaban J connectivity index is 0.00000243. The van der Waals surface area contributed by atoms with Crippen LogP contribution in [-0.2, 0) is 16.0 Å². The molecular weight excluding hydrogens is 373 g/mol. The Morgan fingerprint density at radius 3 is 2.85 bits per heavy atom. The first kappa shape index (κ1) is 21.0. The third-order valence-corrected chi connectivity index (χ3v) is 5.88. The van der Waals surface area contributed by atoms with Crippen LogP contribution in [0.2, 0.25) is 5.02 Å². The molecule has 3 rings (SSSR count). The molecule has 0 radical (unpaired) electrons. The molecule has 144 valence electrons. The number of H-pyrrole nitrogens is 1. The average Bonchev–Trinajstić information content (AvgIpc) is 2.96. The molecule has 1 aliphatic rings. The lowest BCUT2D eigenvalue weighted by Gasteiger charge is -2.57. The Morgan fingerprint density at radius 1 is 1.46 bits per heavy atom. The maximum atomic E-state index is 12.6. The number of halogens is 2. The van der Waals surface area contributed by atoms with E-state index in [0.29, 0.717) is 24.6 Å². The molecule has 0 aliphatic heterocycles. The van der Waals surface area contributed by atoms with Gasteiger partial charge in [-0.15, -0.1) is 12.4 Å². The Bertz CT molecular complexity index is 790. The monoisotopic (exact) mass is 399 g/mol. The van der Waals surface area contributed by atoms with E-state index in [0.717, 1.165) is 22.9 Å². The van der Waals surface area contributed by atoms with Crippen molar-refractivity contribution in [2.75, 3.05) is 13.2 Å². The lowest BCUT2D eigenvalue weighted by molar-refractivity contribution is -0.170. The van der Waals surface area contributed by atoms with Crippen LogP contribution in [0.1, 0.15) is 32.8 Å². The van der Waals surface area contributed by atoms with Crippen LogP contribution in [0.3, 0.4) is 0 Å². The van der Waals surface area contributed by atoms with E-state index in [-0.39, 0.29) is 29.8 Å². The van der Waals surface area contributed by atoms with Crippen molar-refractivity contribution in [3.63, 3.8) is 0 Å². The Labute approximate surface area is 165 Å². The Hall–Kier alpha value is -1.27. The summed E-state index contributed by atoms with van der Waals surface area (Å²) < 4.78 is 5.68. The van der Waals surface area contributed by atoms with Gasteiger partial charge in [-0.3, -0.25) is 4.79 Å². The maximum absolute atomic E-state index is 12.6. The number of benzene rings is 1. The lowest BCUT2D eigenvalue weighted by atomic mass is 9.54. The molecule has 7 heteroatoms. The molecule has 1 saturated carbocycles. The molecule has 26 heavy (non-hydrogen) atoms. The van der Waals surface area contributed by atoms with E-state index < -0.39 is 5.54 Å². The Morgan fingerprint density at radius 2 is 2.19 bits per heavy atom. The number of nitrogens with two attached hydrogens (primary N) is 1. The first-order chi connectivity index (χ1) is 11.8. The number of amides is 1. The van der Waals surface area contributed by atoms with Crippen LogP contribution in [0, 0.1) is 5.41 Å². The second kappa shape index (κ2) is 7.77. The van der Waals surface area contributed by atoms with Crippen LogP contribution in [0.4, 0.5) is 0 Å². The molecule has 2 unspecified atom stereocenters. The number of hydrogen-bond acceptors (Lipinski definition) is 3. The van der Waals surface area contributed by atoms with Crippen LogP contribution >= 0.6 is 24.0 Å². The number of aromatic amines is 1. The molecule has 1 heterocycles. The van der Waals surface area contributed by atoms with Crippen molar-refractivity contribution < 1.29 is 9.53 Å². The molecule has 0 bridgehead atoms. The van der Waals surface area contributed by atoms with E-state index in [4.69, 9.17) is 22.1 Å². The molecule has 0 spiro atoms. The van der Waals surface area contributed by atoms with Gasteiger partial charge in [-0.05, 0) is 37.1 Å². The average molecular weight is 400 g/mol. The summed E-state index contributed by atoms with van der Waals surface area (Å²) in [6.45, 7) is 7.12. The fourth-order valence-corrected chi connectivity index (χ4v) is 3.82. The van der Waals surface area contributed by atoms with E-state index in [1.54, 1.807) is 0 Å². The SMILES string of the molecule is CCOC1CC(N)(C(=O)NCCc2c[nH]c3ccc(Cl)cc23)C1(C)C.Cl. The molecule has 2 aromatic rings. The fraction of sp³-hybridized carbons (Fsp3) is 0.526. The molecule has 1 aliphatic carbocycles. The van der Waals surface area contributed by atoms with Gasteiger partial charge in [0.2, 0.25) is 5.91 Å². The van der Waals surface area contributed by atoms with Crippen molar-refractivity contribution >= 4 is 40.8 Å². The van der Waals surface area contributed by atoms with Gasteiger partial charge in [0.15, 0.2) is 0 Å². The lowest BCUT2D eigenvalue weighted by Crippen LogP contribution is -2.75. The summed E-state index contributed by atoms with van der Waals surface area (Å²) in [6, 6.07) is 5.76. The topological polar surface area (TPSA) is 80.1 Å². The van der Waals surface area contributed by atoms with Gasteiger partial charge in [-0.2, -0.15) is 0 Å². The number of rotatable bonds is 6. The van der Waals surface area contributed by atoms with Gasteiger partial charge in [0.05, 0.1) is 6.10 Å². The predicted molar refractivity (Wildman–Crippen MR) is 108 cm³/mol. The van der Waals surface area contributed by atoms with Crippen molar-refractivity contribution in [1.29, 1.82) is 0 Å². The molecule has 5 nitrogen and oxygen atoms in total. The zero-order chi connectivity index (χ0) is 18.2. The first-order valence-corrected chi connectivity index (χ1v) is 9.11. The minimum absolute atomic E-state index is 0. The normalized spacial score (nSPS) is 24.0. The zero-order valence-corrected chi connectivity index (χ0v) is 17.0. The third-order valence-electron chi connectivity index (χ3n) is 5.64. The zero-order valence-electron chi connectivity index (χ0n) is 15.4. The summed E-state index contributed by atoms with van der Waals surface area (Å²) in [6.07, 6.45) is 3.27. The largest absolute Gasteiger partial charge is 0.378 e. The van der Waals surface area contributed by atoms with Gasteiger partial charge in [-0.1, -0.05) is 25.4 Å². The third kappa shape index (κ3) is 3.46. The number of fused-ring (bicyclic) bond motifs is 1. The van der Waals surface area contributed by atoms with E-state index in [1.807, 2.05) is 45.2 Å².